The first-order valence-electron chi connectivity index (χ1n) is 5.96. The minimum Gasteiger partial charge on any atom is -0.280 e. The van der Waals surface area contributed by atoms with Crippen LogP contribution in [0, 0.1) is 4.77 Å². The molecule has 19 heavy (non-hydrogen) atoms. The van der Waals surface area contributed by atoms with Gasteiger partial charge in [0.15, 0.2) is 5.82 Å². The number of hydrogen-bond donors (Lipinski definition) is 2. The normalized spacial score (nSPS) is 10.8. The first-order chi connectivity index (χ1) is 9.26. The Bertz CT molecular complexity index is 736. The summed E-state index contributed by atoms with van der Waals surface area (Å²) >= 11 is 6.54. The predicted octanol–water partition coefficient (Wildman–Crippen LogP) is 3.82. The summed E-state index contributed by atoms with van der Waals surface area (Å²) in [5.74, 6) is 0.678. The van der Waals surface area contributed by atoms with Crippen molar-refractivity contribution in [3.8, 4) is 22.1 Å². The lowest BCUT2D eigenvalue weighted by molar-refractivity contribution is 1.08. The largest absolute Gasteiger partial charge is 0.280 e. The highest BCUT2D eigenvalue weighted by Gasteiger charge is 2.08. The van der Waals surface area contributed by atoms with Gasteiger partial charge in [0.25, 0.3) is 0 Å². The van der Waals surface area contributed by atoms with Crippen molar-refractivity contribution in [3.63, 3.8) is 0 Å². The van der Waals surface area contributed by atoms with Gasteiger partial charge in [-0.2, -0.15) is 4.98 Å². The lowest BCUT2D eigenvalue weighted by atomic mass is 10.1. The summed E-state index contributed by atoms with van der Waals surface area (Å²) in [7, 11) is 0. The lowest BCUT2D eigenvalue weighted by Crippen LogP contribution is -1.83. The molecule has 0 aliphatic rings. The van der Waals surface area contributed by atoms with E-state index in [-0.39, 0.29) is 0 Å². The molecular weight excluding hydrogens is 276 g/mol. The van der Waals surface area contributed by atoms with Crippen LogP contribution in [0.3, 0.4) is 0 Å². The van der Waals surface area contributed by atoms with Crippen molar-refractivity contribution in [2.75, 3.05) is 0 Å². The van der Waals surface area contributed by atoms with Crippen LogP contribution in [0.5, 0.6) is 0 Å². The Kier molecular flexibility index (Phi) is 3.27. The maximum Gasteiger partial charge on any atom is 0.213 e. The molecule has 1 aromatic carbocycles. The Morgan fingerprint density at radius 2 is 1.95 bits per heavy atom. The molecule has 0 aliphatic heterocycles. The maximum absolute atomic E-state index is 4.94. The van der Waals surface area contributed by atoms with E-state index in [2.05, 4.69) is 51.4 Å². The van der Waals surface area contributed by atoms with Crippen LogP contribution in [-0.2, 0) is 6.42 Å². The number of aromatic amines is 2. The SMILES string of the molecule is CCc1ccc(-c2nc(-c3nc(=S)[nH][nH]3)cs2)cc1. The Morgan fingerprint density at radius 1 is 1.16 bits per heavy atom. The summed E-state index contributed by atoms with van der Waals surface area (Å²) in [6.45, 7) is 2.15. The monoisotopic (exact) mass is 288 g/mol. The predicted molar refractivity (Wildman–Crippen MR) is 79.7 cm³/mol. The molecule has 3 aromatic rings. The topological polar surface area (TPSA) is 57.4 Å². The molecule has 2 aromatic heterocycles. The third kappa shape index (κ3) is 2.50. The van der Waals surface area contributed by atoms with Crippen molar-refractivity contribution in [1.82, 2.24) is 20.2 Å². The molecule has 96 valence electrons. The molecule has 0 fully saturated rings. The van der Waals surface area contributed by atoms with E-state index in [1.165, 1.54) is 5.56 Å². The molecule has 0 saturated heterocycles. The van der Waals surface area contributed by atoms with Gasteiger partial charge in [-0.3, -0.25) is 10.2 Å². The number of hydrogen-bond acceptors (Lipinski definition) is 4. The molecule has 0 unspecified atom stereocenters. The second kappa shape index (κ2) is 5.07. The molecule has 0 atom stereocenters. The van der Waals surface area contributed by atoms with Gasteiger partial charge < -0.3 is 0 Å². The molecular formula is C13H12N4S2. The van der Waals surface area contributed by atoms with Crippen LogP contribution in [0.2, 0.25) is 0 Å². The number of H-pyrrole nitrogens is 2. The van der Waals surface area contributed by atoms with Crippen LogP contribution >= 0.6 is 23.6 Å². The second-order valence-electron chi connectivity index (χ2n) is 4.10. The van der Waals surface area contributed by atoms with Gasteiger partial charge in [-0.05, 0) is 24.2 Å². The fraction of sp³-hybridized carbons (Fsp3) is 0.154. The van der Waals surface area contributed by atoms with E-state index in [1.807, 2.05) is 5.38 Å². The molecule has 2 heterocycles. The number of aromatic nitrogens is 4. The minimum atomic E-state index is 0.442. The fourth-order valence-electron chi connectivity index (χ4n) is 1.79. The number of nitrogens with one attached hydrogen (secondary N) is 2. The lowest BCUT2D eigenvalue weighted by Gasteiger charge is -1.98. The Hall–Kier alpha value is -1.79. The summed E-state index contributed by atoms with van der Waals surface area (Å²) in [5.41, 5.74) is 3.27. The van der Waals surface area contributed by atoms with Crippen LogP contribution < -0.4 is 0 Å². The first kappa shape index (κ1) is 12.3. The molecule has 0 radical (unpaired) electrons. The van der Waals surface area contributed by atoms with E-state index < -0.39 is 0 Å². The fourth-order valence-corrected chi connectivity index (χ4v) is 2.74. The van der Waals surface area contributed by atoms with Crippen molar-refractivity contribution >= 4 is 23.6 Å². The zero-order chi connectivity index (χ0) is 13.2. The zero-order valence-electron chi connectivity index (χ0n) is 10.3. The summed E-state index contributed by atoms with van der Waals surface area (Å²) in [5, 5.41) is 8.65. The van der Waals surface area contributed by atoms with Crippen molar-refractivity contribution < 1.29 is 0 Å². The van der Waals surface area contributed by atoms with Gasteiger partial charge >= 0.3 is 0 Å². The van der Waals surface area contributed by atoms with Crippen molar-refractivity contribution in [3.05, 3.63) is 40.0 Å². The molecule has 3 rings (SSSR count). The van der Waals surface area contributed by atoms with Crippen molar-refractivity contribution in [2.24, 2.45) is 0 Å². The second-order valence-corrected chi connectivity index (χ2v) is 5.35. The number of nitrogens with zero attached hydrogens (tertiary/aromatic N) is 2. The highest BCUT2D eigenvalue weighted by molar-refractivity contribution is 7.71. The Balaban J connectivity index is 1.94. The third-order valence-corrected chi connectivity index (χ3v) is 3.94. The van der Waals surface area contributed by atoms with E-state index in [0.29, 0.717) is 10.6 Å². The average Bonchev–Trinajstić information content (AvgIpc) is 3.07. The first-order valence-corrected chi connectivity index (χ1v) is 7.25. The van der Waals surface area contributed by atoms with E-state index >= 15 is 0 Å². The van der Waals surface area contributed by atoms with Crippen LogP contribution in [0.25, 0.3) is 22.1 Å². The molecule has 6 heteroatoms. The maximum atomic E-state index is 4.94. The van der Waals surface area contributed by atoms with Crippen molar-refractivity contribution in [1.29, 1.82) is 0 Å². The molecule has 0 spiro atoms. The summed E-state index contributed by atoms with van der Waals surface area (Å²) in [6.07, 6.45) is 1.05. The summed E-state index contributed by atoms with van der Waals surface area (Å²) in [4.78, 5) is 8.74. The van der Waals surface area contributed by atoms with Gasteiger partial charge in [0.1, 0.15) is 10.7 Å². The highest BCUT2D eigenvalue weighted by Crippen LogP contribution is 2.27. The number of aryl methyl sites for hydroxylation is 1. The Morgan fingerprint density at radius 3 is 2.58 bits per heavy atom. The molecule has 0 aliphatic carbocycles. The smallest absolute Gasteiger partial charge is 0.213 e. The minimum absolute atomic E-state index is 0.442. The van der Waals surface area contributed by atoms with Gasteiger partial charge in [0.05, 0.1) is 0 Å². The number of benzene rings is 1. The van der Waals surface area contributed by atoms with E-state index in [1.54, 1.807) is 11.3 Å². The Labute approximate surface area is 119 Å². The third-order valence-electron chi connectivity index (χ3n) is 2.86. The number of rotatable bonds is 3. The zero-order valence-corrected chi connectivity index (χ0v) is 11.9. The molecule has 0 bridgehead atoms. The molecule has 2 N–H and O–H groups in total. The van der Waals surface area contributed by atoms with E-state index in [4.69, 9.17) is 12.2 Å². The van der Waals surface area contributed by atoms with Crippen LogP contribution in [-0.4, -0.2) is 20.2 Å². The van der Waals surface area contributed by atoms with E-state index in [9.17, 15) is 0 Å². The van der Waals surface area contributed by atoms with Crippen LogP contribution in [0.15, 0.2) is 29.6 Å². The van der Waals surface area contributed by atoms with Gasteiger partial charge in [0, 0.05) is 10.9 Å². The standard InChI is InChI=1S/C13H12N4S2/c1-2-8-3-5-9(6-4-8)12-14-10(7-19-12)11-15-13(18)17-16-11/h3-7H,2H2,1H3,(H2,15,16,17,18). The highest BCUT2D eigenvalue weighted by atomic mass is 32.1. The summed E-state index contributed by atoms with van der Waals surface area (Å²) < 4.78 is 0.442. The molecule has 0 saturated carbocycles. The quantitative estimate of drug-likeness (QED) is 0.720. The number of thiazole rings is 1. The average molecular weight is 288 g/mol. The van der Waals surface area contributed by atoms with Crippen LogP contribution in [0.4, 0.5) is 0 Å². The summed E-state index contributed by atoms with van der Waals surface area (Å²) in [6, 6.07) is 8.49. The van der Waals surface area contributed by atoms with Crippen molar-refractivity contribution in [2.45, 2.75) is 13.3 Å². The van der Waals surface area contributed by atoms with Gasteiger partial charge in [-0.1, -0.05) is 31.2 Å². The van der Waals surface area contributed by atoms with Gasteiger partial charge in [0.2, 0.25) is 4.77 Å². The van der Waals surface area contributed by atoms with Crippen LogP contribution in [0.1, 0.15) is 12.5 Å². The molecule has 0 amide bonds. The van der Waals surface area contributed by atoms with Gasteiger partial charge in [-0.15, -0.1) is 11.3 Å². The van der Waals surface area contributed by atoms with Gasteiger partial charge in [-0.25, -0.2) is 4.98 Å². The van der Waals surface area contributed by atoms with E-state index in [0.717, 1.165) is 22.7 Å². The molecule has 4 nitrogen and oxygen atoms in total.